The third-order valence-electron chi connectivity index (χ3n) is 4.60. The van der Waals surface area contributed by atoms with E-state index < -0.39 is 32.3 Å². The van der Waals surface area contributed by atoms with E-state index in [1.807, 2.05) is 0 Å². The maximum absolute atomic E-state index is 12.0. The van der Waals surface area contributed by atoms with Crippen LogP contribution in [0.25, 0.3) is 0 Å². The molecule has 4 atom stereocenters. The Balaban J connectivity index is 1.53. The quantitative estimate of drug-likeness (QED) is 0.474. The minimum atomic E-state index is -3.85. The van der Waals surface area contributed by atoms with Crippen molar-refractivity contribution < 1.29 is 32.7 Å². The summed E-state index contributed by atoms with van der Waals surface area (Å²) in [7, 11) is -3.85. The zero-order valence-corrected chi connectivity index (χ0v) is 16.8. The Morgan fingerprint density at radius 1 is 1.54 bits per heavy atom. The topological polar surface area (TPSA) is 144 Å². The Kier molecular flexibility index (Phi) is 6.64. The first-order valence-electron chi connectivity index (χ1n) is 9.16. The van der Waals surface area contributed by atoms with Crippen molar-refractivity contribution in [3.63, 3.8) is 0 Å². The van der Waals surface area contributed by atoms with Crippen LogP contribution in [-0.4, -0.2) is 52.4 Å². The molecule has 28 heavy (non-hydrogen) atoms. The van der Waals surface area contributed by atoms with Gasteiger partial charge in [-0.2, -0.15) is 0 Å². The van der Waals surface area contributed by atoms with Crippen molar-refractivity contribution in [3.8, 4) is 0 Å². The van der Waals surface area contributed by atoms with E-state index in [1.54, 1.807) is 13.8 Å². The zero-order valence-electron chi connectivity index (χ0n) is 15.8. The zero-order chi connectivity index (χ0) is 20.3. The molecule has 0 saturated carbocycles. The molecule has 0 amide bonds. The molecule has 2 aliphatic rings. The fraction of sp³-hybridized carbons (Fsp3) is 0.688. The van der Waals surface area contributed by atoms with Crippen molar-refractivity contribution in [2.75, 3.05) is 25.6 Å². The number of nitrogens with two attached hydrogens (primary N) is 1. The van der Waals surface area contributed by atoms with Gasteiger partial charge >= 0.3 is 162 Å². The molecule has 1 aromatic rings. The van der Waals surface area contributed by atoms with Gasteiger partial charge in [0.05, 0.1) is 0 Å². The third-order valence-corrected chi connectivity index (χ3v) is 6.30. The van der Waals surface area contributed by atoms with Crippen molar-refractivity contribution in [1.82, 2.24) is 9.55 Å². The Hall–Kier alpha value is -1.62. The standard InChI is InChI=1S/C16H26N3O8P/c1-3-23-15(20)10(2)5-7-24-28(22)25-9-12-11(27-28)8-14(26-12)19-6-4-13(17)18-16(19)21/h4,6,10-12,14,22,28H,3,5,7-9H2,1-2H3,(H2,17,18,21)/t10?,11-,12+,14+/m1/s1. The van der Waals surface area contributed by atoms with Crippen LogP contribution in [0.1, 0.15) is 32.9 Å². The van der Waals surface area contributed by atoms with E-state index in [4.69, 9.17) is 28.8 Å². The molecule has 3 N–H and O–H groups in total. The number of nitrogens with zero attached hydrogens (tertiary/aromatic N) is 2. The molecule has 0 aliphatic carbocycles. The van der Waals surface area contributed by atoms with Gasteiger partial charge in [0, 0.05) is 0 Å². The predicted molar refractivity (Wildman–Crippen MR) is 99.2 cm³/mol. The van der Waals surface area contributed by atoms with Gasteiger partial charge < -0.3 is 0 Å². The molecule has 0 bridgehead atoms. The van der Waals surface area contributed by atoms with E-state index >= 15 is 0 Å². The van der Waals surface area contributed by atoms with Crippen LogP contribution in [0.2, 0.25) is 0 Å². The summed E-state index contributed by atoms with van der Waals surface area (Å²) in [4.78, 5) is 37.8. The number of hydrogen-bond acceptors (Lipinski definition) is 10. The number of hydrogen-bond donors (Lipinski definition) is 2. The SMILES string of the molecule is CCOC(=O)C(C)CCO[PH]1(O)OC[C@@H]2O[C@H](n3ccc(N)nc3=O)C[C@H]2O1. The van der Waals surface area contributed by atoms with Crippen molar-refractivity contribution in [3.05, 3.63) is 22.7 Å². The summed E-state index contributed by atoms with van der Waals surface area (Å²) < 4.78 is 28.5. The number of rotatable bonds is 7. The fourth-order valence-electron chi connectivity index (χ4n) is 3.05. The minimum absolute atomic E-state index is 0.0778. The second-order valence-electron chi connectivity index (χ2n) is 6.69. The van der Waals surface area contributed by atoms with Gasteiger partial charge in [-0.15, -0.1) is 0 Å². The van der Waals surface area contributed by atoms with Crippen molar-refractivity contribution in [2.45, 2.75) is 45.1 Å². The Labute approximate surface area is 162 Å². The van der Waals surface area contributed by atoms with E-state index in [0.717, 1.165) is 0 Å². The molecule has 11 nitrogen and oxygen atoms in total. The molecule has 0 spiro atoms. The number of carbonyl (C=O) groups excluding carboxylic acids is 1. The average molecular weight is 419 g/mol. The van der Waals surface area contributed by atoms with Gasteiger partial charge in [-0.3, -0.25) is 0 Å². The number of ether oxygens (including phenoxy) is 2. The summed E-state index contributed by atoms with van der Waals surface area (Å²) in [5.41, 5.74) is 4.97. The monoisotopic (exact) mass is 419 g/mol. The molecule has 1 aromatic heterocycles. The third kappa shape index (κ3) is 4.86. The number of carbonyl (C=O) groups is 1. The molecule has 12 heteroatoms. The molecule has 3 rings (SSSR count). The summed E-state index contributed by atoms with van der Waals surface area (Å²) in [6, 6.07) is 1.50. The summed E-state index contributed by atoms with van der Waals surface area (Å²) in [5, 5.41) is 0. The van der Waals surface area contributed by atoms with E-state index in [9.17, 15) is 14.5 Å². The normalized spacial score (nSPS) is 28.3. The number of esters is 1. The maximum atomic E-state index is 12.0. The number of fused-ring (bicyclic) bond motifs is 1. The first-order valence-corrected chi connectivity index (χ1v) is 10.8. The van der Waals surface area contributed by atoms with Crippen LogP contribution in [0, 0.1) is 5.92 Å². The summed E-state index contributed by atoms with van der Waals surface area (Å²) >= 11 is 0. The number of nitrogen functional groups attached to an aromatic ring is 1. The Morgan fingerprint density at radius 2 is 2.32 bits per heavy atom. The van der Waals surface area contributed by atoms with E-state index in [1.165, 1.54) is 16.8 Å². The average Bonchev–Trinajstić information content (AvgIpc) is 3.04. The molecule has 1 unspecified atom stereocenters. The molecule has 2 saturated heterocycles. The van der Waals surface area contributed by atoms with Gasteiger partial charge in [0.25, 0.3) is 0 Å². The molecular weight excluding hydrogens is 393 g/mol. The molecule has 0 aromatic carbocycles. The van der Waals surface area contributed by atoms with Gasteiger partial charge in [0.15, 0.2) is 0 Å². The molecule has 0 radical (unpaired) electrons. The van der Waals surface area contributed by atoms with E-state index in [-0.39, 0.29) is 30.9 Å². The summed E-state index contributed by atoms with van der Waals surface area (Å²) in [6.45, 7) is 3.94. The van der Waals surface area contributed by atoms with E-state index in [2.05, 4.69) is 4.98 Å². The van der Waals surface area contributed by atoms with Crippen LogP contribution in [0.5, 0.6) is 0 Å². The molecule has 2 fully saturated rings. The van der Waals surface area contributed by atoms with Crippen LogP contribution in [0.15, 0.2) is 17.1 Å². The van der Waals surface area contributed by atoms with Gasteiger partial charge in [0.1, 0.15) is 0 Å². The van der Waals surface area contributed by atoms with Crippen LogP contribution in [-0.2, 0) is 27.8 Å². The first-order chi connectivity index (χ1) is 13.3. The predicted octanol–water partition coefficient (Wildman–Crippen LogP) is 0.537. The van der Waals surface area contributed by atoms with Gasteiger partial charge in [0.2, 0.25) is 0 Å². The van der Waals surface area contributed by atoms with Crippen molar-refractivity contribution in [2.24, 2.45) is 5.92 Å². The van der Waals surface area contributed by atoms with Crippen molar-refractivity contribution in [1.29, 1.82) is 0 Å². The number of anilines is 1. The molecule has 3 heterocycles. The fourth-order valence-corrected chi connectivity index (χ4v) is 4.65. The van der Waals surface area contributed by atoms with Gasteiger partial charge in [-0.1, -0.05) is 0 Å². The Morgan fingerprint density at radius 3 is 3.04 bits per heavy atom. The molecule has 158 valence electrons. The number of aromatic nitrogens is 2. The summed E-state index contributed by atoms with van der Waals surface area (Å²) in [5.74, 6) is -0.554. The van der Waals surface area contributed by atoms with Crippen LogP contribution in [0.4, 0.5) is 5.82 Å². The van der Waals surface area contributed by atoms with E-state index in [0.29, 0.717) is 19.4 Å². The second-order valence-corrected chi connectivity index (χ2v) is 8.55. The Bertz CT molecular complexity index is 762. The van der Waals surface area contributed by atoms with Crippen LogP contribution in [0.3, 0.4) is 0 Å². The van der Waals surface area contributed by atoms with Crippen molar-refractivity contribution >= 4 is 20.0 Å². The van der Waals surface area contributed by atoms with Crippen LogP contribution >= 0.6 is 8.17 Å². The first kappa shape index (κ1) is 21.1. The van der Waals surface area contributed by atoms with Crippen LogP contribution < -0.4 is 11.4 Å². The molecule has 2 aliphatic heterocycles. The molecular formula is C16H26N3O8P. The van der Waals surface area contributed by atoms with Gasteiger partial charge in [-0.05, 0) is 0 Å². The second kappa shape index (κ2) is 8.81. The van der Waals surface area contributed by atoms with Gasteiger partial charge in [-0.25, -0.2) is 0 Å². The summed E-state index contributed by atoms with van der Waals surface area (Å²) in [6.07, 6.45) is 0.675.